The third-order valence-corrected chi connectivity index (χ3v) is 10.7. The summed E-state index contributed by atoms with van der Waals surface area (Å²) in [7, 11) is 1.06. The molecular formula is C44H61BO4. The Kier molecular flexibility index (Phi) is 9.48. The maximum atomic E-state index is 6.78. The molecule has 0 N–H and O–H groups in total. The summed E-state index contributed by atoms with van der Waals surface area (Å²) in [6, 6.07) is 21.0. The summed E-state index contributed by atoms with van der Waals surface area (Å²) in [5.74, 6) is 0.741. The van der Waals surface area contributed by atoms with E-state index in [0.717, 1.165) is 28.8 Å². The summed E-state index contributed by atoms with van der Waals surface area (Å²) < 4.78 is 25.8. The van der Waals surface area contributed by atoms with Crippen molar-refractivity contribution >= 4 is 34.1 Å². The van der Waals surface area contributed by atoms with Crippen molar-refractivity contribution in [2.75, 3.05) is 13.9 Å². The van der Waals surface area contributed by atoms with Gasteiger partial charge in [0, 0.05) is 23.7 Å². The SMILES string of the molecule is COCOc1c(B2OC(C)(C)C(C)(C)O2)cc(C(C)(C)CC(C)(C)C)cc1-c1c2ccc(C(C)(C)C)cc2cc2ccc(C(C)(C)C)cc12. The van der Waals surface area contributed by atoms with Crippen LogP contribution in [0.3, 0.4) is 0 Å². The number of benzene rings is 4. The molecule has 264 valence electrons. The number of hydrogen-bond donors (Lipinski definition) is 0. The second-order valence-corrected chi connectivity index (χ2v) is 19.3. The third kappa shape index (κ3) is 7.46. The van der Waals surface area contributed by atoms with Gasteiger partial charge in [-0.3, -0.25) is 0 Å². The van der Waals surface area contributed by atoms with Crippen LogP contribution in [0.4, 0.5) is 0 Å². The van der Waals surface area contributed by atoms with Crippen molar-refractivity contribution in [3.05, 3.63) is 71.3 Å². The van der Waals surface area contributed by atoms with Crippen LogP contribution in [0.25, 0.3) is 32.7 Å². The van der Waals surface area contributed by atoms with Crippen molar-refractivity contribution in [2.45, 2.75) is 138 Å². The number of hydrogen-bond acceptors (Lipinski definition) is 4. The van der Waals surface area contributed by atoms with Crippen molar-refractivity contribution in [3.8, 4) is 16.9 Å². The Morgan fingerprint density at radius 1 is 0.633 bits per heavy atom. The number of ether oxygens (including phenoxy) is 2. The van der Waals surface area contributed by atoms with Gasteiger partial charge >= 0.3 is 7.12 Å². The van der Waals surface area contributed by atoms with E-state index in [1.54, 1.807) is 7.11 Å². The first kappa shape index (κ1) is 37.4. The molecule has 0 aromatic heterocycles. The van der Waals surface area contributed by atoms with Crippen LogP contribution in [-0.2, 0) is 30.3 Å². The largest absolute Gasteiger partial charge is 0.498 e. The molecule has 4 nitrogen and oxygen atoms in total. The second-order valence-electron chi connectivity index (χ2n) is 19.3. The first-order valence-electron chi connectivity index (χ1n) is 18.0. The fourth-order valence-corrected chi connectivity index (χ4v) is 7.42. The summed E-state index contributed by atoms with van der Waals surface area (Å²) in [5.41, 5.74) is 5.88. The summed E-state index contributed by atoms with van der Waals surface area (Å²) in [6.07, 6.45) is 1.000. The van der Waals surface area contributed by atoms with Gasteiger partial charge in [-0.2, -0.15) is 0 Å². The zero-order valence-electron chi connectivity index (χ0n) is 33.3. The molecule has 0 amide bonds. The lowest BCUT2D eigenvalue weighted by atomic mass is 9.68. The van der Waals surface area contributed by atoms with Gasteiger partial charge in [-0.1, -0.05) is 113 Å². The van der Waals surface area contributed by atoms with E-state index in [0.29, 0.717) is 0 Å². The van der Waals surface area contributed by atoms with E-state index in [2.05, 4.69) is 158 Å². The third-order valence-electron chi connectivity index (χ3n) is 10.7. The Morgan fingerprint density at radius 3 is 1.76 bits per heavy atom. The zero-order chi connectivity index (χ0) is 36.5. The molecule has 5 heteroatoms. The van der Waals surface area contributed by atoms with Gasteiger partial charge in [0.2, 0.25) is 0 Å². The summed E-state index contributed by atoms with van der Waals surface area (Å²) in [5, 5.41) is 4.82. The fraction of sp³-hybridized carbons (Fsp3) is 0.545. The smallest absolute Gasteiger partial charge is 0.467 e. The van der Waals surface area contributed by atoms with Gasteiger partial charge in [0.25, 0.3) is 0 Å². The molecule has 0 atom stereocenters. The standard InChI is InChI=1S/C44H61BO4/c1-39(2,3)26-42(10,11)32-24-35(38(47-27-46-16)36(25-32)45-48-43(12,13)44(14,15)49-45)37-33-20-19-30(40(4,5)6)22-29(33)21-28-17-18-31(23-34(28)37)41(7,8)9/h17-25H,26-27H2,1-16H3. The minimum atomic E-state index is -0.611. The Balaban J connectivity index is 1.97. The predicted molar refractivity (Wildman–Crippen MR) is 210 cm³/mol. The molecule has 1 fully saturated rings. The van der Waals surface area contributed by atoms with E-state index in [9.17, 15) is 0 Å². The molecule has 1 heterocycles. The van der Waals surface area contributed by atoms with E-state index in [4.69, 9.17) is 18.8 Å². The predicted octanol–water partition coefficient (Wildman–Crippen LogP) is 11.3. The van der Waals surface area contributed by atoms with Crippen LogP contribution in [0.2, 0.25) is 0 Å². The van der Waals surface area contributed by atoms with E-state index in [1.165, 1.54) is 38.2 Å². The molecule has 1 aliphatic rings. The van der Waals surface area contributed by atoms with Gasteiger partial charge < -0.3 is 18.8 Å². The number of methoxy groups -OCH3 is 1. The fourth-order valence-electron chi connectivity index (χ4n) is 7.42. The van der Waals surface area contributed by atoms with Crippen molar-refractivity contribution < 1.29 is 18.8 Å². The van der Waals surface area contributed by atoms with Crippen LogP contribution in [0.1, 0.15) is 127 Å². The van der Waals surface area contributed by atoms with Gasteiger partial charge in [0.15, 0.2) is 6.79 Å². The van der Waals surface area contributed by atoms with Crippen molar-refractivity contribution in [2.24, 2.45) is 5.41 Å². The maximum absolute atomic E-state index is 6.78. The first-order valence-corrected chi connectivity index (χ1v) is 18.0. The molecule has 4 aromatic carbocycles. The monoisotopic (exact) mass is 664 g/mol. The highest BCUT2D eigenvalue weighted by molar-refractivity contribution is 6.63. The Labute approximate surface area is 297 Å². The number of fused-ring (bicyclic) bond motifs is 2. The topological polar surface area (TPSA) is 36.9 Å². The van der Waals surface area contributed by atoms with E-state index < -0.39 is 18.3 Å². The minimum Gasteiger partial charge on any atom is -0.467 e. The van der Waals surface area contributed by atoms with E-state index in [1.807, 2.05) is 0 Å². The van der Waals surface area contributed by atoms with Gasteiger partial charge in [-0.05, 0) is 112 Å². The summed E-state index contributed by atoms with van der Waals surface area (Å²) in [6.45, 7) is 33.9. The lowest BCUT2D eigenvalue weighted by molar-refractivity contribution is 0.00578. The molecule has 1 aliphatic heterocycles. The van der Waals surface area contributed by atoms with Crippen LogP contribution in [-0.4, -0.2) is 32.2 Å². The highest BCUT2D eigenvalue weighted by Gasteiger charge is 2.53. The minimum absolute atomic E-state index is 0.0176. The zero-order valence-corrected chi connectivity index (χ0v) is 33.3. The van der Waals surface area contributed by atoms with Gasteiger partial charge in [0.05, 0.1) is 11.2 Å². The lowest BCUT2D eigenvalue weighted by Gasteiger charge is -2.34. The Morgan fingerprint density at radius 2 is 1.20 bits per heavy atom. The van der Waals surface area contributed by atoms with E-state index >= 15 is 0 Å². The van der Waals surface area contributed by atoms with Crippen LogP contribution in [0, 0.1) is 5.41 Å². The average Bonchev–Trinajstić information content (AvgIpc) is 3.17. The van der Waals surface area contributed by atoms with Crippen LogP contribution >= 0.6 is 0 Å². The highest BCUT2D eigenvalue weighted by atomic mass is 16.7. The summed E-state index contributed by atoms with van der Waals surface area (Å²) >= 11 is 0. The van der Waals surface area contributed by atoms with E-state index in [-0.39, 0.29) is 28.5 Å². The Hall–Kier alpha value is -2.86. The molecule has 5 rings (SSSR count). The molecule has 0 aliphatic carbocycles. The highest BCUT2D eigenvalue weighted by Crippen LogP contribution is 2.47. The molecule has 0 radical (unpaired) electrons. The second kappa shape index (κ2) is 12.4. The average molecular weight is 665 g/mol. The molecule has 4 aromatic rings. The Bertz CT molecular complexity index is 1850. The van der Waals surface area contributed by atoms with Gasteiger partial charge in [0.1, 0.15) is 5.75 Å². The van der Waals surface area contributed by atoms with Crippen molar-refractivity contribution in [3.63, 3.8) is 0 Å². The first-order chi connectivity index (χ1) is 22.3. The molecule has 49 heavy (non-hydrogen) atoms. The normalized spacial score (nSPS) is 16.9. The summed E-state index contributed by atoms with van der Waals surface area (Å²) in [4.78, 5) is 0. The molecular weight excluding hydrogens is 603 g/mol. The van der Waals surface area contributed by atoms with Crippen LogP contribution in [0.15, 0.2) is 54.6 Å². The van der Waals surface area contributed by atoms with Crippen LogP contribution < -0.4 is 10.2 Å². The molecule has 0 saturated carbocycles. The lowest BCUT2D eigenvalue weighted by Crippen LogP contribution is -2.41. The molecule has 1 saturated heterocycles. The quantitative estimate of drug-likeness (QED) is 0.112. The van der Waals surface area contributed by atoms with Crippen LogP contribution in [0.5, 0.6) is 5.75 Å². The van der Waals surface area contributed by atoms with Crippen molar-refractivity contribution in [1.82, 2.24) is 0 Å². The maximum Gasteiger partial charge on any atom is 0.498 e. The number of rotatable bonds is 7. The van der Waals surface area contributed by atoms with Gasteiger partial charge in [-0.15, -0.1) is 0 Å². The van der Waals surface area contributed by atoms with Gasteiger partial charge in [-0.25, -0.2) is 0 Å². The molecule has 0 bridgehead atoms. The molecule has 0 unspecified atom stereocenters. The van der Waals surface area contributed by atoms with Crippen molar-refractivity contribution in [1.29, 1.82) is 0 Å². The molecule has 0 spiro atoms.